The van der Waals surface area contributed by atoms with Crippen molar-refractivity contribution in [2.45, 2.75) is 64.0 Å². The molecular formula is C16H26BrClN4O. The number of carbonyl (C=O) groups is 1. The van der Waals surface area contributed by atoms with Crippen LogP contribution in [0.2, 0.25) is 0 Å². The van der Waals surface area contributed by atoms with Gasteiger partial charge in [0, 0.05) is 12.1 Å². The number of hydrogen-bond acceptors (Lipinski definition) is 3. The molecule has 2 unspecified atom stereocenters. The monoisotopic (exact) mass is 404 g/mol. The zero-order chi connectivity index (χ0) is 15.9. The molecule has 0 aromatic carbocycles. The lowest BCUT2D eigenvalue weighted by molar-refractivity contribution is 0.0751. The number of carbonyl (C=O) groups excluding carboxylic acids is 1. The first-order chi connectivity index (χ1) is 10.5. The second-order valence-corrected chi connectivity index (χ2v) is 7.93. The Labute approximate surface area is 152 Å². The third kappa shape index (κ3) is 3.74. The van der Waals surface area contributed by atoms with Gasteiger partial charge in [-0.05, 0) is 59.4 Å². The van der Waals surface area contributed by atoms with Crippen LogP contribution in [-0.2, 0) is 0 Å². The summed E-state index contributed by atoms with van der Waals surface area (Å²) in [7, 11) is 0. The van der Waals surface area contributed by atoms with E-state index in [9.17, 15) is 4.79 Å². The molecule has 4 N–H and O–H groups in total. The van der Waals surface area contributed by atoms with Crippen LogP contribution in [0.4, 0.5) is 0 Å². The lowest BCUT2D eigenvalue weighted by Crippen LogP contribution is -2.53. The van der Waals surface area contributed by atoms with Gasteiger partial charge in [-0.1, -0.05) is 20.3 Å². The van der Waals surface area contributed by atoms with Crippen LogP contribution in [0.3, 0.4) is 0 Å². The summed E-state index contributed by atoms with van der Waals surface area (Å²) >= 11 is 3.51. The van der Waals surface area contributed by atoms with Gasteiger partial charge in [0.1, 0.15) is 0 Å². The lowest BCUT2D eigenvalue weighted by Gasteiger charge is -2.45. The van der Waals surface area contributed by atoms with Crippen LogP contribution >= 0.6 is 28.3 Å². The van der Waals surface area contributed by atoms with Crippen LogP contribution in [0, 0.1) is 11.8 Å². The Morgan fingerprint density at radius 1 is 1.35 bits per heavy atom. The van der Waals surface area contributed by atoms with Crippen molar-refractivity contribution >= 4 is 34.2 Å². The van der Waals surface area contributed by atoms with E-state index in [1.807, 2.05) is 0 Å². The van der Waals surface area contributed by atoms with Crippen LogP contribution in [0.1, 0.15) is 68.1 Å². The van der Waals surface area contributed by atoms with E-state index in [1.165, 1.54) is 19.3 Å². The number of fused-ring (bicyclic) bond motifs is 2. The van der Waals surface area contributed by atoms with Gasteiger partial charge in [-0.2, -0.15) is 5.10 Å². The molecule has 2 aliphatic carbocycles. The van der Waals surface area contributed by atoms with Crippen LogP contribution in [-0.4, -0.2) is 28.2 Å². The number of amides is 1. The highest BCUT2D eigenvalue weighted by Crippen LogP contribution is 2.40. The minimum absolute atomic E-state index is 0. The molecule has 2 bridgehead atoms. The van der Waals surface area contributed by atoms with Crippen LogP contribution in [0.25, 0.3) is 0 Å². The van der Waals surface area contributed by atoms with E-state index in [1.54, 1.807) is 0 Å². The minimum Gasteiger partial charge on any atom is -0.347 e. The first-order valence-electron chi connectivity index (χ1n) is 8.27. The maximum atomic E-state index is 12.6. The van der Waals surface area contributed by atoms with Gasteiger partial charge in [0.05, 0.1) is 10.2 Å². The van der Waals surface area contributed by atoms with E-state index in [0.29, 0.717) is 29.5 Å². The number of aromatic amines is 1. The molecule has 0 aliphatic heterocycles. The van der Waals surface area contributed by atoms with Gasteiger partial charge in [-0.3, -0.25) is 9.89 Å². The second kappa shape index (κ2) is 7.53. The maximum Gasteiger partial charge on any atom is 0.273 e. The van der Waals surface area contributed by atoms with Crippen LogP contribution < -0.4 is 11.1 Å². The quantitative estimate of drug-likeness (QED) is 0.721. The molecule has 0 radical (unpaired) electrons. The first-order valence-corrected chi connectivity index (χ1v) is 9.06. The fourth-order valence-corrected chi connectivity index (χ4v) is 4.93. The highest BCUT2D eigenvalue weighted by atomic mass is 79.9. The van der Waals surface area contributed by atoms with Crippen molar-refractivity contribution in [3.8, 4) is 0 Å². The average Bonchev–Trinajstić information content (AvgIpc) is 2.81. The van der Waals surface area contributed by atoms with Crippen LogP contribution in [0.5, 0.6) is 0 Å². The molecule has 1 heterocycles. The van der Waals surface area contributed by atoms with Gasteiger partial charge < -0.3 is 11.1 Å². The van der Waals surface area contributed by atoms with Crippen molar-refractivity contribution in [3.05, 3.63) is 15.9 Å². The summed E-state index contributed by atoms with van der Waals surface area (Å²) in [5.74, 6) is 1.27. The summed E-state index contributed by atoms with van der Waals surface area (Å²) in [6.07, 6.45) is 5.67. The summed E-state index contributed by atoms with van der Waals surface area (Å²) in [4.78, 5) is 12.6. The Hall–Kier alpha value is -0.590. The molecule has 1 amide bonds. The average molecular weight is 406 g/mol. The van der Waals surface area contributed by atoms with E-state index in [0.717, 1.165) is 23.0 Å². The van der Waals surface area contributed by atoms with Crippen molar-refractivity contribution in [1.29, 1.82) is 0 Å². The van der Waals surface area contributed by atoms with Gasteiger partial charge in [0.2, 0.25) is 0 Å². The predicted molar refractivity (Wildman–Crippen MR) is 96.9 cm³/mol. The highest BCUT2D eigenvalue weighted by molar-refractivity contribution is 9.10. The maximum absolute atomic E-state index is 12.6. The summed E-state index contributed by atoms with van der Waals surface area (Å²) in [6.45, 7) is 4.15. The number of nitrogens with two attached hydrogens (primary N) is 1. The van der Waals surface area contributed by atoms with Gasteiger partial charge >= 0.3 is 0 Å². The Balaban J connectivity index is 0.00000192. The fraction of sp³-hybridized carbons (Fsp3) is 0.750. The Kier molecular flexibility index (Phi) is 6.14. The van der Waals surface area contributed by atoms with E-state index in [-0.39, 0.29) is 24.4 Å². The van der Waals surface area contributed by atoms with E-state index < -0.39 is 0 Å². The lowest BCUT2D eigenvalue weighted by atomic mass is 9.67. The zero-order valence-corrected chi connectivity index (χ0v) is 16.0. The van der Waals surface area contributed by atoms with E-state index in [2.05, 4.69) is 45.3 Å². The molecule has 2 aliphatic rings. The summed E-state index contributed by atoms with van der Waals surface area (Å²) in [5.41, 5.74) is 7.59. The molecule has 2 fully saturated rings. The topological polar surface area (TPSA) is 83.8 Å². The fourth-order valence-electron chi connectivity index (χ4n) is 4.12. The molecule has 7 heteroatoms. The molecule has 130 valence electrons. The number of H-pyrrole nitrogens is 1. The summed E-state index contributed by atoms with van der Waals surface area (Å²) < 4.78 is 0.790. The smallest absolute Gasteiger partial charge is 0.273 e. The normalized spacial score (nSPS) is 30.0. The number of nitrogens with one attached hydrogen (secondary N) is 2. The predicted octanol–water partition coefficient (Wildman–Crippen LogP) is 3.35. The van der Waals surface area contributed by atoms with Crippen molar-refractivity contribution < 1.29 is 4.79 Å². The van der Waals surface area contributed by atoms with Crippen molar-refractivity contribution in [2.24, 2.45) is 17.6 Å². The SMILES string of the molecule is CC(C)c1[nH]nc(C(=O)NC2C3CCCC2CC(N)C3)c1Br.Cl. The first kappa shape index (κ1) is 18.7. The molecule has 0 saturated heterocycles. The molecule has 2 atom stereocenters. The molecule has 0 spiro atoms. The third-order valence-electron chi connectivity index (χ3n) is 5.20. The van der Waals surface area contributed by atoms with E-state index >= 15 is 0 Å². The summed E-state index contributed by atoms with van der Waals surface area (Å²) in [5, 5.41) is 10.4. The largest absolute Gasteiger partial charge is 0.347 e. The third-order valence-corrected chi connectivity index (χ3v) is 6.00. The number of rotatable bonds is 3. The van der Waals surface area contributed by atoms with Gasteiger partial charge in [0.25, 0.3) is 5.91 Å². The molecule has 2 saturated carbocycles. The molecular weight excluding hydrogens is 380 g/mol. The summed E-state index contributed by atoms with van der Waals surface area (Å²) in [6, 6.07) is 0.556. The second-order valence-electron chi connectivity index (χ2n) is 7.14. The number of nitrogens with zero attached hydrogens (tertiary/aromatic N) is 1. The molecule has 1 aromatic heterocycles. The Bertz CT molecular complexity index is 548. The highest BCUT2D eigenvalue weighted by Gasteiger charge is 2.40. The van der Waals surface area contributed by atoms with Gasteiger partial charge in [-0.15, -0.1) is 12.4 Å². The number of halogens is 2. The standard InChI is InChI=1S/C16H25BrN4O.ClH/c1-8(2)13-12(17)15(21-20-13)16(22)19-14-9-4-3-5-10(14)7-11(18)6-9;/h8-11,14H,3-7,18H2,1-2H3,(H,19,22)(H,20,21);1H. The molecule has 5 nitrogen and oxygen atoms in total. The van der Waals surface area contributed by atoms with Gasteiger partial charge in [-0.25, -0.2) is 0 Å². The number of hydrogen-bond donors (Lipinski definition) is 3. The van der Waals surface area contributed by atoms with Crippen molar-refractivity contribution in [3.63, 3.8) is 0 Å². The van der Waals surface area contributed by atoms with Gasteiger partial charge in [0.15, 0.2) is 5.69 Å². The molecule has 1 aromatic rings. The Morgan fingerprint density at radius 3 is 2.48 bits per heavy atom. The zero-order valence-electron chi connectivity index (χ0n) is 13.6. The van der Waals surface area contributed by atoms with Crippen molar-refractivity contribution in [1.82, 2.24) is 15.5 Å². The number of aromatic nitrogens is 2. The minimum atomic E-state index is -0.0765. The Morgan fingerprint density at radius 2 is 1.96 bits per heavy atom. The van der Waals surface area contributed by atoms with E-state index in [4.69, 9.17) is 5.73 Å². The molecule has 3 rings (SSSR count). The van der Waals surface area contributed by atoms with Crippen LogP contribution in [0.15, 0.2) is 4.47 Å². The van der Waals surface area contributed by atoms with Crippen molar-refractivity contribution in [2.75, 3.05) is 0 Å². The molecule has 23 heavy (non-hydrogen) atoms.